The maximum Gasteiger partial charge on any atom is 0.105 e. The number of nitrogens with zero attached hydrogens (tertiary/aromatic N) is 2. The van der Waals surface area contributed by atoms with Crippen molar-refractivity contribution in [2.75, 3.05) is 26.8 Å². The minimum Gasteiger partial charge on any atom is -0.381 e. The van der Waals surface area contributed by atoms with E-state index < -0.39 is 5.54 Å². The van der Waals surface area contributed by atoms with Gasteiger partial charge in [-0.1, -0.05) is 6.92 Å². The van der Waals surface area contributed by atoms with Gasteiger partial charge in [-0.2, -0.15) is 5.26 Å². The molecule has 0 bridgehead atoms. The van der Waals surface area contributed by atoms with Gasteiger partial charge in [0, 0.05) is 25.3 Å². The average molecular weight is 253 g/mol. The Morgan fingerprint density at radius 1 is 1.50 bits per heavy atom. The predicted octanol–water partition coefficient (Wildman–Crippen LogP) is 1.77. The molecule has 1 N–H and O–H groups in total. The predicted molar refractivity (Wildman–Crippen MR) is 73.4 cm³/mol. The Hall–Kier alpha value is -0.630. The van der Waals surface area contributed by atoms with Crippen molar-refractivity contribution >= 4 is 0 Å². The van der Waals surface area contributed by atoms with E-state index in [2.05, 4.69) is 30.3 Å². The molecule has 1 aliphatic rings. The van der Waals surface area contributed by atoms with Crippen LogP contribution in [0.2, 0.25) is 0 Å². The van der Waals surface area contributed by atoms with Gasteiger partial charge in [0.2, 0.25) is 0 Å². The summed E-state index contributed by atoms with van der Waals surface area (Å²) in [5.41, 5.74) is -0.423. The molecule has 1 fully saturated rings. The van der Waals surface area contributed by atoms with Gasteiger partial charge in [0.05, 0.1) is 6.07 Å². The molecule has 0 amide bonds. The highest BCUT2D eigenvalue weighted by atomic mass is 16.5. The number of rotatable bonds is 6. The van der Waals surface area contributed by atoms with Gasteiger partial charge in [-0.25, -0.2) is 0 Å². The minimum atomic E-state index is -0.423. The summed E-state index contributed by atoms with van der Waals surface area (Å²) in [5, 5.41) is 12.6. The Labute approximate surface area is 111 Å². The van der Waals surface area contributed by atoms with Gasteiger partial charge in [0.25, 0.3) is 0 Å². The van der Waals surface area contributed by atoms with E-state index in [1.165, 1.54) is 0 Å². The van der Waals surface area contributed by atoms with Crippen LogP contribution in [0.3, 0.4) is 0 Å². The molecule has 1 saturated heterocycles. The quantitative estimate of drug-likeness (QED) is 0.783. The van der Waals surface area contributed by atoms with Crippen LogP contribution in [0.15, 0.2) is 0 Å². The second-order valence-electron chi connectivity index (χ2n) is 5.54. The van der Waals surface area contributed by atoms with Gasteiger partial charge >= 0.3 is 0 Å². The first kappa shape index (κ1) is 15.4. The van der Waals surface area contributed by atoms with Crippen LogP contribution in [-0.4, -0.2) is 49.3 Å². The van der Waals surface area contributed by atoms with E-state index in [1.807, 2.05) is 13.8 Å². The zero-order valence-electron chi connectivity index (χ0n) is 12.2. The topological polar surface area (TPSA) is 48.3 Å². The Bertz CT molecular complexity index is 283. The summed E-state index contributed by atoms with van der Waals surface area (Å²) in [4.78, 5) is 2.41. The lowest BCUT2D eigenvalue weighted by Crippen LogP contribution is -2.49. The molecular weight excluding hydrogens is 226 g/mol. The number of hydrogen-bond donors (Lipinski definition) is 1. The summed E-state index contributed by atoms with van der Waals surface area (Å²) in [6.45, 7) is 8.81. The zero-order chi connectivity index (χ0) is 13.6. The molecule has 0 saturated carbocycles. The molecular formula is C14H27N3O. The molecule has 1 aliphatic heterocycles. The fourth-order valence-electron chi connectivity index (χ4n) is 2.73. The molecule has 2 unspecified atom stereocenters. The molecule has 104 valence electrons. The number of nitriles is 1. The highest BCUT2D eigenvalue weighted by Gasteiger charge is 2.29. The van der Waals surface area contributed by atoms with E-state index in [0.29, 0.717) is 12.1 Å². The van der Waals surface area contributed by atoms with E-state index >= 15 is 0 Å². The van der Waals surface area contributed by atoms with Crippen molar-refractivity contribution in [3.05, 3.63) is 0 Å². The van der Waals surface area contributed by atoms with Crippen molar-refractivity contribution in [2.45, 2.75) is 57.7 Å². The van der Waals surface area contributed by atoms with E-state index in [0.717, 1.165) is 39.0 Å². The standard InChI is InChI=1S/C14H27N3O/c1-5-16-14(3,11-15)10-12(2)17(4)13-6-8-18-9-7-13/h12-13,16H,5-10H2,1-4H3. The molecule has 0 radical (unpaired) electrons. The molecule has 0 aliphatic carbocycles. The maximum absolute atomic E-state index is 9.31. The third-order valence-corrected chi connectivity index (χ3v) is 3.98. The Kier molecular flexibility index (Phi) is 6.07. The van der Waals surface area contributed by atoms with Crippen LogP contribution < -0.4 is 5.32 Å². The van der Waals surface area contributed by atoms with Gasteiger partial charge < -0.3 is 9.64 Å². The summed E-state index contributed by atoms with van der Waals surface area (Å²) in [6, 6.07) is 3.40. The summed E-state index contributed by atoms with van der Waals surface area (Å²) in [7, 11) is 2.17. The van der Waals surface area contributed by atoms with E-state index in [-0.39, 0.29) is 0 Å². The molecule has 1 rings (SSSR count). The second kappa shape index (κ2) is 7.08. The van der Waals surface area contributed by atoms with Crippen LogP contribution in [-0.2, 0) is 4.74 Å². The summed E-state index contributed by atoms with van der Waals surface area (Å²) >= 11 is 0. The lowest BCUT2D eigenvalue weighted by Gasteiger charge is -2.38. The first-order chi connectivity index (χ1) is 8.52. The fourth-order valence-corrected chi connectivity index (χ4v) is 2.73. The Balaban J connectivity index is 2.52. The fraction of sp³-hybridized carbons (Fsp3) is 0.929. The summed E-state index contributed by atoms with van der Waals surface area (Å²) in [6.07, 6.45) is 3.06. The van der Waals surface area contributed by atoms with Gasteiger partial charge in [-0.05, 0) is 46.7 Å². The van der Waals surface area contributed by atoms with E-state index in [9.17, 15) is 5.26 Å². The first-order valence-corrected chi connectivity index (χ1v) is 6.98. The van der Waals surface area contributed by atoms with Crippen molar-refractivity contribution in [1.82, 2.24) is 10.2 Å². The largest absolute Gasteiger partial charge is 0.381 e. The molecule has 2 atom stereocenters. The van der Waals surface area contributed by atoms with Gasteiger partial charge in [-0.3, -0.25) is 5.32 Å². The lowest BCUT2D eigenvalue weighted by atomic mass is 9.93. The molecule has 0 aromatic carbocycles. The second-order valence-corrected chi connectivity index (χ2v) is 5.54. The van der Waals surface area contributed by atoms with Crippen LogP contribution >= 0.6 is 0 Å². The zero-order valence-corrected chi connectivity index (χ0v) is 12.2. The normalized spacial score (nSPS) is 22.4. The number of hydrogen-bond acceptors (Lipinski definition) is 4. The Morgan fingerprint density at radius 2 is 2.11 bits per heavy atom. The molecule has 0 spiro atoms. The number of nitrogens with one attached hydrogen (secondary N) is 1. The van der Waals surface area contributed by atoms with Crippen molar-refractivity contribution in [1.29, 1.82) is 5.26 Å². The smallest absolute Gasteiger partial charge is 0.105 e. The summed E-state index contributed by atoms with van der Waals surface area (Å²) < 4.78 is 5.40. The lowest BCUT2D eigenvalue weighted by molar-refractivity contribution is 0.0272. The average Bonchev–Trinajstić information content (AvgIpc) is 2.39. The van der Waals surface area contributed by atoms with E-state index in [4.69, 9.17) is 4.74 Å². The van der Waals surface area contributed by atoms with Crippen molar-refractivity contribution < 1.29 is 4.74 Å². The molecule has 0 aromatic rings. The maximum atomic E-state index is 9.31. The molecule has 1 heterocycles. The first-order valence-electron chi connectivity index (χ1n) is 6.98. The highest BCUT2D eigenvalue weighted by molar-refractivity contribution is 5.05. The molecule has 18 heavy (non-hydrogen) atoms. The van der Waals surface area contributed by atoms with Crippen LogP contribution in [0.25, 0.3) is 0 Å². The highest BCUT2D eigenvalue weighted by Crippen LogP contribution is 2.20. The van der Waals surface area contributed by atoms with Crippen LogP contribution in [0.4, 0.5) is 0 Å². The van der Waals surface area contributed by atoms with Crippen LogP contribution in [0.5, 0.6) is 0 Å². The van der Waals surface area contributed by atoms with Crippen LogP contribution in [0.1, 0.15) is 40.0 Å². The minimum absolute atomic E-state index is 0.400. The third kappa shape index (κ3) is 4.24. The monoisotopic (exact) mass is 253 g/mol. The van der Waals surface area contributed by atoms with Crippen LogP contribution in [0, 0.1) is 11.3 Å². The van der Waals surface area contributed by atoms with Crippen molar-refractivity contribution in [3.63, 3.8) is 0 Å². The van der Waals surface area contributed by atoms with Gasteiger partial charge in [0.1, 0.15) is 5.54 Å². The molecule has 4 heteroatoms. The number of ether oxygens (including phenoxy) is 1. The molecule has 4 nitrogen and oxygen atoms in total. The SMILES string of the molecule is CCNC(C)(C#N)CC(C)N(C)C1CCOCC1. The van der Waals surface area contributed by atoms with Crippen molar-refractivity contribution in [3.8, 4) is 6.07 Å². The van der Waals surface area contributed by atoms with Gasteiger partial charge in [-0.15, -0.1) is 0 Å². The Morgan fingerprint density at radius 3 is 2.61 bits per heavy atom. The summed E-state index contributed by atoms with van der Waals surface area (Å²) in [5.74, 6) is 0. The van der Waals surface area contributed by atoms with Gasteiger partial charge in [0.15, 0.2) is 0 Å². The third-order valence-electron chi connectivity index (χ3n) is 3.98. The molecule has 0 aromatic heterocycles. The van der Waals surface area contributed by atoms with Crippen molar-refractivity contribution in [2.24, 2.45) is 0 Å². The van der Waals surface area contributed by atoms with E-state index in [1.54, 1.807) is 0 Å².